The van der Waals surface area contributed by atoms with Crippen molar-refractivity contribution in [2.24, 2.45) is 5.73 Å². The third kappa shape index (κ3) is 7.12. The van der Waals surface area contributed by atoms with Gasteiger partial charge in [0.1, 0.15) is 18.0 Å². The summed E-state index contributed by atoms with van der Waals surface area (Å²) in [6.07, 6.45) is -0.106. The first-order valence-electron chi connectivity index (χ1n) is 13.1. The second kappa shape index (κ2) is 12.1. The Morgan fingerprint density at radius 3 is 2.61 bits per heavy atom. The van der Waals surface area contributed by atoms with Crippen LogP contribution in [-0.4, -0.2) is 74.7 Å². The predicted octanol–water partition coefficient (Wildman–Crippen LogP) is 3.08. The molecule has 1 saturated heterocycles. The molecule has 1 aliphatic heterocycles. The molecule has 4 rings (SSSR count). The van der Waals surface area contributed by atoms with E-state index in [-0.39, 0.29) is 42.5 Å². The highest BCUT2D eigenvalue weighted by Crippen LogP contribution is 2.22. The minimum Gasteiger partial charge on any atom is -0.444 e. The van der Waals surface area contributed by atoms with E-state index in [0.29, 0.717) is 23.9 Å². The summed E-state index contributed by atoms with van der Waals surface area (Å²) in [5, 5.41) is 7.31. The molecule has 1 fully saturated rings. The predicted molar refractivity (Wildman–Crippen MR) is 149 cm³/mol. The molecular formula is C28H32ClFN6O5. The van der Waals surface area contributed by atoms with Gasteiger partial charge in [-0.2, -0.15) is 5.10 Å². The number of primary amides is 1. The van der Waals surface area contributed by atoms with Crippen molar-refractivity contribution in [1.29, 1.82) is 0 Å². The number of rotatable bonds is 8. The average Bonchev–Trinajstić information content (AvgIpc) is 3.53. The van der Waals surface area contributed by atoms with E-state index in [9.17, 15) is 23.6 Å². The van der Waals surface area contributed by atoms with Crippen LogP contribution in [0.5, 0.6) is 0 Å². The van der Waals surface area contributed by atoms with E-state index < -0.39 is 41.3 Å². The number of hydrogen-bond donors (Lipinski definition) is 2. The largest absolute Gasteiger partial charge is 0.444 e. The van der Waals surface area contributed by atoms with Gasteiger partial charge in [-0.25, -0.2) is 9.18 Å². The Kier molecular flexibility index (Phi) is 8.81. The molecule has 0 saturated carbocycles. The third-order valence-electron chi connectivity index (χ3n) is 6.57. The maximum Gasteiger partial charge on any atom is 0.410 e. The second-order valence-electron chi connectivity index (χ2n) is 10.8. The van der Waals surface area contributed by atoms with Gasteiger partial charge in [-0.15, -0.1) is 0 Å². The number of halogens is 2. The van der Waals surface area contributed by atoms with E-state index in [1.807, 2.05) is 0 Å². The van der Waals surface area contributed by atoms with Crippen molar-refractivity contribution >= 4 is 46.3 Å². The molecular weight excluding hydrogens is 555 g/mol. The van der Waals surface area contributed by atoms with Crippen molar-refractivity contribution in [2.45, 2.75) is 51.9 Å². The topological polar surface area (TPSA) is 140 Å². The van der Waals surface area contributed by atoms with Crippen molar-refractivity contribution in [3.8, 4) is 0 Å². The Morgan fingerprint density at radius 2 is 1.90 bits per heavy atom. The van der Waals surface area contributed by atoms with Crippen LogP contribution in [0.15, 0.2) is 42.5 Å². The summed E-state index contributed by atoms with van der Waals surface area (Å²) in [5.41, 5.74) is 5.54. The monoisotopic (exact) mass is 586 g/mol. The highest BCUT2D eigenvalue weighted by Gasteiger charge is 2.36. The van der Waals surface area contributed by atoms with Crippen molar-refractivity contribution < 1.29 is 28.3 Å². The van der Waals surface area contributed by atoms with Gasteiger partial charge in [0.05, 0.1) is 23.1 Å². The number of aromatic nitrogens is 2. The number of amides is 4. The van der Waals surface area contributed by atoms with Crippen molar-refractivity contribution in [3.63, 3.8) is 0 Å². The van der Waals surface area contributed by atoms with Gasteiger partial charge in [-0.05, 0) is 39.3 Å². The van der Waals surface area contributed by atoms with Crippen LogP contribution in [0.4, 0.5) is 9.18 Å². The summed E-state index contributed by atoms with van der Waals surface area (Å²) in [4.78, 5) is 54.2. The van der Waals surface area contributed by atoms with Crippen LogP contribution < -0.4 is 11.1 Å². The molecule has 13 heteroatoms. The average molecular weight is 587 g/mol. The van der Waals surface area contributed by atoms with Gasteiger partial charge in [0.15, 0.2) is 5.69 Å². The van der Waals surface area contributed by atoms with E-state index in [4.69, 9.17) is 22.1 Å². The fraction of sp³-hybridized carbons (Fsp3) is 0.393. The summed E-state index contributed by atoms with van der Waals surface area (Å²) in [6, 6.07) is 10.8. The van der Waals surface area contributed by atoms with Crippen LogP contribution in [-0.2, 0) is 27.4 Å². The van der Waals surface area contributed by atoms with Gasteiger partial charge < -0.3 is 25.6 Å². The molecule has 218 valence electrons. The quantitative estimate of drug-likeness (QED) is 0.416. The van der Waals surface area contributed by atoms with E-state index in [1.54, 1.807) is 51.1 Å². The molecule has 3 N–H and O–H groups in total. The van der Waals surface area contributed by atoms with Gasteiger partial charge in [0.2, 0.25) is 11.8 Å². The molecule has 2 heterocycles. The number of fused-ring (bicyclic) bond motifs is 1. The van der Waals surface area contributed by atoms with Crippen LogP contribution in [0.1, 0.15) is 43.2 Å². The zero-order valence-electron chi connectivity index (χ0n) is 23.0. The summed E-state index contributed by atoms with van der Waals surface area (Å²) < 4.78 is 21.1. The summed E-state index contributed by atoms with van der Waals surface area (Å²) in [7, 11) is 0. The third-order valence-corrected chi connectivity index (χ3v) is 6.87. The minimum atomic E-state index is -0.735. The Morgan fingerprint density at radius 1 is 1.17 bits per heavy atom. The number of benzene rings is 2. The Balaban J connectivity index is 1.54. The van der Waals surface area contributed by atoms with Crippen LogP contribution >= 0.6 is 11.6 Å². The molecule has 2 aromatic carbocycles. The SMILES string of the molecule is CC(C)(C)OC(=O)N1CCC(N(CC(=O)NCc2cccc(Cl)c2F)C(=O)Cn2nc(C(N)=O)c3ccccc32)C1. The first kappa shape index (κ1) is 29.8. The first-order valence-corrected chi connectivity index (χ1v) is 13.4. The molecule has 0 spiro atoms. The van der Waals surface area contributed by atoms with E-state index in [0.717, 1.165) is 0 Å². The number of nitrogens with two attached hydrogens (primary N) is 1. The number of nitrogens with zero attached hydrogens (tertiary/aromatic N) is 4. The number of ether oxygens (including phenoxy) is 1. The maximum atomic E-state index is 14.3. The second-order valence-corrected chi connectivity index (χ2v) is 11.2. The summed E-state index contributed by atoms with van der Waals surface area (Å²) >= 11 is 5.84. The fourth-order valence-electron chi connectivity index (χ4n) is 4.65. The summed E-state index contributed by atoms with van der Waals surface area (Å²) in [6.45, 7) is 5.00. The number of nitrogens with one attached hydrogen (secondary N) is 1. The molecule has 4 amide bonds. The Labute approximate surface area is 241 Å². The van der Waals surface area contributed by atoms with E-state index >= 15 is 0 Å². The van der Waals surface area contributed by atoms with E-state index in [1.165, 1.54) is 26.6 Å². The standard InChI is InChI=1S/C28H32ClFN6O5/c1-28(2,3)41-27(40)34-12-11-18(14-34)35(15-22(37)32-13-17-7-6-9-20(29)24(17)30)23(38)16-36-21-10-5-4-8-19(21)25(33-36)26(31)39/h4-10,18H,11-16H2,1-3H3,(H2,31,39)(H,32,37). The smallest absolute Gasteiger partial charge is 0.410 e. The molecule has 3 aromatic rings. The highest BCUT2D eigenvalue weighted by molar-refractivity contribution is 6.30. The molecule has 1 aliphatic rings. The lowest BCUT2D eigenvalue weighted by Crippen LogP contribution is -2.49. The van der Waals surface area contributed by atoms with Gasteiger partial charge >= 0.3 is 6.09 Å². The lowest BCUT2D eigenvalue weighted by atomic mass is 10.2. The number of carbonyl (C=O) groups excluding carboxylic acids is 4. The first-order chi connectivity index (χ1) is 19.3. The van der Waals surface area contributed by atoms with Gasteiger partial charge in [-0.3, -0.25) is 19.1 Å². The molecule has 0 bridgehead atoms. The van der Waals surface area contributed by atoms with Crippen molar-refractivity contribution in [3.05, 3.63) is 64.6 Å². The zero-order chi connectivity index (χ0) is 29.9. The number of likely N-dealkylation sites (tertiary alicyclic amines) is 1. The van der Waals surface area contributed by atoms with Gasteiger partial charge in [0, 0.05) is 30.6 Å². The lowest BCUT2D eigenvalue weighted by molar-refractivity contribution is -0.138. The van der Waals surface area contributed by atoms with Gasteiger partial charge in [0.25, 0.3) is 5.91 Å². The molecule has 1 aromatic heterocycles. The normalized spacial score (nSPS) is 15.1. The van der Waals surface area contributed by atoms with Crippen LogP contribution in [0.3, 0.4) is 0 Å². The molecule has 41 heavy (non-hydrogen) atoms. The molecule has 11 nitrogen and oxygen atoms in total. The fourth-order valence-corrected chi connectivity index (χ4v) is 4.84. The minimum absolute atomic E-state index is 0.0261. The van der Waals surface area contributed by atoms with Crippen LogP contribution in [0.2, 0.25) is 5.02 Å². The molecule has 1 unspecified atom stereocenters. The summed E-state index contributed by atoms with van der Waals surface area (Å²) in [5.74, 6) is -2.37. The van der Waals surface area contributed by atoms with Gasteiger partial charge in [-0.1, -0.05) is 41.9 Å². The number of carbonyl (C=O) groups is 4. The molecule has 1 atom stereocenters. The van der Waals surface area contributed by atoms with Crippen molar-refractivity contribution in [2.75, 3.05) is 19.6 Å². The molecule has 0 aliphatic carbocycles. The van der Waals surface area contributed by atoms with Crippen molar-refractivity contribution in [1.82, 2.24) is 24.9 Å². The zero-order valence-corrected chi connectivity index (χ0v) is 23.8. The van der Waals surface area contributed by atoms with E-state index in [2.05, 4.69) is 10.4 Å². The van der Waals surface area contributed by atoms with Crippen LogP contribution in [0, 0.1) is 5.82 Å². The Hall–Kier alpha value is -4.19. The number of para-hydroxylation sites is 1. The molecule has 0 radical (unpaired) electrons. The van der Waals surface area contributed by atoms with Crippen LogP contribution in [0.25, 0.3) is 10.9 Å². The Bertz CT molecular complexity index is 1490. The maximum absolute atomic E-state index is 14.3. The highest BCUT2D eigenvalue weighted by atomic mass is 35.5. The number of hydrogen-bond acceptors (Lipinski definition) is 6. The lowest BCUT2D eigenvalue weighted by Gasteiger charge is -2.29.